The maximum atomic E-state index is 12.1. The topological polar surface area (TPSA) is 65.8 Å². The molecule has 0 radical (unpaired) electrons. The first kappa shape index (κ1) is 14.3. The Morgan fingerprint density at radius 1 is 1.35 bits per heavy atom. The van der Waals surface area contributed by atoms with Gasteiger partial charge in [-0.25, -0.2) is 4.98 Å². The zero-order chi connectivity index (χ0) is 14.7. The Morgan fingerprint density at radius 3 is 2.75 bits per heavy atom. The number of rotatable bonds is 2. The zero-order valence-electron chi connectivity index (χ0n) is 10.4. The average Bonchev–Trinajstić information content (AvgIpc) is 2.42. The number of hydrogen-bond acceptors (Lipinski definition) is 3. The third-order valence-electron chi connectivity index (χ3n) is 2.63. The van der Waals surface area contributed by atoms with Crippen molar-refractivity contribution in [1.82, 2.24) is 4.98 Å². The number of aryl methyl sites for hydroxylation is 1. The van der Waals surface area contributed by atoms with Gasteiger partial charge < -0.3 is 5.32 Å². The van der Waals surface area contributed by atoms with Crippen LogP contribution in [0, 0.1) is 18.3 Å². The minimum absolute atomic E-state index is 0.125. The van der Waals surface area contributed by atoms with Gasteiger partial charge in [-0.2, -0.15) is 5.26 Å². The van der Waals surface area contributed by atoms with Gasteiger partial charge in [-0.05, 0) is 36.8 Å². The van der Waals surface area contributed by atoms with Gasteiger partial charge in [0.15, 0.2) is 5.15 Å². The van der Waals surface area contributed by atoms with E-state index in [4.69, 9.17) is 28.5 Å². The molecule has 1 aromatic carbocycles. The van der Waals surface area contributed by atoms with Crippen LogP contribution in [0.5, 0.6) is 0 Å². The number of nitrogens with one attached hydrogen (secondary N) is 1. The van der Waals surface area contributed by atoms with Crippen molar-refractivity contribution in [3.63, 3.8) is 0 Å². The lowest BCUT2D eigenvalue weighted by molar-refractivity contribution is 0.102. The molecule has 100 valence electrons. The van der Waals surface area contributed by atoms with Crippen molar-refractivity contribution in [1.29, 1.82) is 5.26 Å². The molecule has 0 bridgehead atoms. The number of amides is 1. The largest absolute Gasteiger partial charge is 0.319 e. The Bertz CT molecular complexity index is 700. The fourth-order valence-electron chi connectivity index (χ4n) is 1.66. The van der Waals surface area contributed by atoms with Crippen LogP contribution in [0.3, 0.4) is 0 Å². The molecule has 0 aliphatic carbocycles. The summed E-state index contributed by atoms with van der Waals surface area (Å²) in [6, 6.07) is 9.97. The molecular formula is C14H9Cl2N3O. The molecule has 1 heterocycles. The second-order valence-electron chi connectivity index (χ2n) is 4.07. The second-order valence-corrected chi connectivity index (χ2v) is 4.82. The molecule has 2 rings (SSSR count). The van der Waals surface area contributed by atoms with Crippen LogP contribution in [0.25, 0.3) is 0 Å². The van der Waals surface area contributed by atoms with Crippen LogP contribution in [-0.2, 0) is 0 Å². The number of benzene rings is 1. The molecule has 0 saturated heterocycles. The van der Waals surface area contributed by atoms with Crippen molar-refractivity contribution in [2.24, 2.45) is 0 Å². The number of carbonyl (C=O) groups is 1. The highest BCUT2D eigenvalue weighted by Gasteiger charge is 2.13. The summed E-state index contributed by atoms with van der Waals surface area (Å²) >= 11 is 11.7. The van der Waals surface area contributed by atoms with E-state index in [-0.39, 0.29) is 16.2 Å². The van der Waals surface area contributed by atoms with E-state index in [1.165, 1.54) is 6.07 Å². The predicted octanol–water partition coefficient (Wildman–Crippen LogP) is 3.82. The second kappa shape index (κ2) is 5.91. The quantitative estimate of drug-likeness (QED) is 0.858. The summed E-state index contributed by atoms with van der Waals surface area (Å²) in [5, 5.41) is 11.9. The van der Waals surface area contributed by atoms with E-state index >= 15 is 0 Å². The normalized spacial score (nSPS) is 9.90. The van der Waals surface area contributed by atoms with E-state index in [0.717, 1.165) is 0 Å². The van der Waals surface area contributed by atoms with Crippen LogP contribution in [0.1, 0.15) is 21.5 Å². The van der Waals surface area contributed by atoms with Gasteiger partial charge in [0.1, 0.15) is 5.15 Å². The lowest BCUT2D eigenvalue weighted by atomic mass is 10.1. The Kier molecular flexibility index (Phi) is 4.23. The van der Waals surface area contributed by atoms with Crippen LogP contribution in [-0.4, -0.2) is 10.9 Å². The molecule has 1 amide bonds. The highest BCUT2D eigenvalue weighted by Crippen LogP contribution is 2.26. The SMILES string of the molecule is Cc1cc(Cl)nc(Cl)c1NC(=O)c1cccc(C#N)c1. The average molecular weight is 306 g/mol. The number of carbonyl (C=O) groups excluding carboxylic acids is 1. The Hall–Kier alpha value is -2.09. The number of hydrogen-bond donors (Lipinski definition) is 1. The van der Waals surface area contributed by atoms with Crippen molar-refractivity contribution >= 4 is 34.8 Å². The molecule has 0 atom stereocenters. The Balaban J connectivity index is 2.31. The molecular weight excluding hydrogens is 297 g/mol. The molecule has 6 heteroatoms. The van der Waals surface area contributed by atoms with E-state index in [1.807, 2.05) is 6.07 Å². The van der Waals surface area contributed by atoms with Gasteiger partial charge in [0.05, 0.1) is 17.3 Å². The van der Waals surface area contributed by atoms with Crippen molar-refractivity contribution in [2.45, 2.75) is 6.92 Å². The van der Waals surface area contributed by atoms with E-state index in [0.29, 0.717) is 22.4 Å². The van der Waals surface area contributed by atoms with Gasteiger partial charge >= 0.3 is 0 Å². The standard InChI is InChI=1S/C14H9Cl2N3O/c1-8-5-11(15)18-13(16)12(8)19-14(20)10-4-2-3-9(6-10)7-17/h2-6H,1H3,(H,19,20). The highest BCUT2D eigenvalue weighted by atomic mass is 35.5. The molecule has 0 fully saturated rings. The van der Waals surface area contributed by atoms with Crippen molar-refractivity contribution < 1.29 is 4.79 Å². The number of nitrogens with zero attached hydrogens (tertiary/aromatic N) is 2. The van der Waals surface area contributed by atoms with E-state index in [9.17, 15) is 4.79 Å². The van der Waals surface area contributed by atoms with Gasteiger partial charge in [0.25, 0.3) is 5.91 Å². The van der Waals surface area contributed by atoms with Gasteiger partial charge in [0.2, 0.25) is 0 Å². The molecule has 1 aromatic heterocycles. The van der Waals surface area contributed by atoms with Gasteiger partial charge in [0, 0.05) is 5.56 Å². The first-order valence-corrected chi connectivity index (χ1v) is 6.41. The van der Waals surface area contributed by atoms with Crippen molar-refractivity contribution in [2.75, 3.05) is 5.32 Å². The number of nitriles is 1. The highest BCUT2D eigenvalue weighted by molar-refractivity contribution is 6.35. The summed E-state index contributed by atoms with van der Waals surface area (Å²) < 4.78 is 0. The van der Waals surface area contributed by atoms with Gasteiger partial charge in [-0.1, -0.05) is 29.3 Å². The fourth-order valence-corrected chi connectivity index (χ4v) is 2.24. The smallest absolute Gasteiger partial charge is 0.255 e. The minimum atomic E-state index is -0.365. The first-order chi connectivity index (χ1) is 9.51. The summed E-state index contributed by atoms with van der Waals surface area (Å²) in [5.41, 5.74) is 1.90. The van der Waals surface area contributed by atoms with Crippen LogP contribution in [0.2, 0.25) is 10.3 Å². The fraction of sp³-hybridized carbons (Fsp3) is 0.0714. The lowest BCUT2D eigenvalue weighted by Gasteiger charge is -2.10. The first-order valence-electron chi connectivity index (χ1n) is 5.65. The molecule has 1 N–H and O–H groups in total. The predicted molar refractivity (Wildman–Crippen MR) is 78.1 cm³/mol. The van der Waals surface area contributed by atoms with Gasteiger partial charge in [-0.15, -0.1) is 0 Å². The summed E-state index contributed by atoms with van der Waals surface area (Å²) in [5.74, 6) is -0.365. The summed E-state index contributed by atoms with van der Waals surface area (Å²) in [6.45, 7) is 1.76. The lowest BCUT2D eigenvalue weighted by Crippen LogP contribution is -2.13. The van der Waals surface area contributed by atoms with Crippen LogP contribution >= 0.6 is 23.2 Å². The maximum Gasteiger partial charge on any atom is 0.255 e. The third-order valence-corrected chi connectivity index (χ3v) is 3.10. The summed E-state index contributed by atoms with van der Waals surface area (Å²) in [7, 11) is 0. The summed E-state index contributed by atoms with van der Waals surface area (Å²) in [6.07, 6.45) is 0. The molecule has 0 saturated carbocycles. The number of halogens is 2. The maximum absolute atomic E-state index is 12.1. The van der Waals surface area contributed by atoms with Crippen molar-refractivity contribution in [3.8, 4) is 6.07 Å². The number of pyridine rings is 1. The molecule has 0 aliphatic rings. The van der Waals surface area contributed by atoms with E-state index in [2.05, 4.69) is 10.3 Å². The Morgan fingerprint density at radius 2 is 2.10 bits per heavy atom. The third kappa shape index (κ3) is 3.08. The number of aromatic nitrogens is 1. The summed E-state index contributed by atoms with van der Waals surface area (Å²) in [4.78, 5) is 16.0. The van der Waals surface area contributed by atoms with Gasteiger partial charge in [-0.3, -0.25) is 4.79 Å². The molecule has 2 aromatic rings. The van der Waals surface area contributed by atoms with E-state index in [1.54, 1.807) is 31.2 Å². The molecule has 4 nitrogen and oxygen atoms in total. The van der Waals surface area contributed by atoms with Crippen LogP contribution in [0.15, 0.2) is 30.3 Å². The van der Waals surface area contributed by atoms with Crippen LogP contribution < -0.4 is 5.32 Å². The number of anilines is 1. The van der Waals surface area contributed by atoms with Crippen LogP contribution in [0.4, 0.5) is 5.69 Å². The monoisotopic (exact) mass is 305 g/mol. The molecule has 0 spiro atoms. The Labute approximate surface area is 126 Å². The van der Waals surface area contributed by atoms with E-state index < -0.39 is 0 Å². The van der Waals surface area contributed by atoms with Crippen molar-refractivity contribution in [3.05, 3.63) is 57.3 Å². The molecule has 0 unspecified atom stereocenters. The molecule has 0 aliphatic heterocycles. The zero-order valence-corrected chi connectivity index (χ0v) is 12.0. The minimum Gasteiger partial charge on any atom is -0.319 e. The molecule has 20 heavy (non-hydrogen) atoms.